The number of hydrogen-bond acceptors (Lipinski definition) is 7. The first-order chi connectivity index (χ1) is 19.9. The Morgan fingerprint density at radius 3 is 1.95 bits per heavy atom. The summed E-state index contributed by atoms with van der Waals surface area (Å²) in [4.78, 5) is 50.2. The van der Waals surface area contributed by atoms with E-state index < -0.39 is 23.4 Å². The smallest absolute Gasteiger partial charge is 0.343 e. The molecule has 0 bridgehead atoms. The van der Waals surface area contributed by atoms with Crippen molar-refractivity contribution in [2.75, 3.05) is 7.11 Å². The van der Waals surface area contributed by atoms with Gasteiger partial charge < -0.3 is 14.8 Å². The van der Waals surface area contributed by atoms with Crippen molar-refractivity contribution in [3.05, 3.63) is 137 Å². The fourth-order valence-electron chi connectivity index (χ4n) is 3.82. The third kappa shape index (κ3) is 7.19. The summed E-state index contributed by atoms with van der Waals surface area (Å²) in [5, 5.41) is 12.2. The monoisotopic (exact) mass is 544 g/mol. The van der Waals surface area contributed by atoms with Gasteiger partial charge in [-0.05, 0) is 41.5 Å². The van der Waals surface area contributed by atoms with Crippen molar-refractivity contribution in [1.82, 2.24) is 5.32 Å². The summed E-state index contributed by atoms with van der Waals surface area (Å²) in [6, 6.07) is 29.6. The minimum atomic E-state index is -0.710. The molecule has 41 heavy (non-hydrogen) atoms. The van der Waals surface area contributed by atoms with Crippen molar-refractivity contribution in [2.45, 2.75) is 6.54 Å². The first-order valence-corrected chi connectivity index (χ1v) is 12.5. The molecule has 4 rings (SSSR count). The van der Waals surface area contributed by atoms with Gasteiger partial charge in [0.2, 0.25) is 11.6 Å². The van der Waals surface area contributed by atoms with Crippen molar-refractivity contribution < 1.29 is 28.7 Å². The molecule has 0 spiro atoms. The van der Waals surface area contributed by atoms with E-state index in [9.17, 15) is 24.4 Å². The van der Waals surface area contributed by atoms with E-state index in [0.717, 1.165) is 5.56 Å². The van der Waals surface area contributed by atoms with Crippen LogP contribution >= 0.6 is 0 Å². The maximum atomic E-state index is 12.8. The Morgan fingerprint density at radius 1 is 0.756 bits per heavy atom. The van der Waals surface area contributed by atoms with Crippen LogP contribution in [0.1, 0.15) is 42.2 Å². The van der Waals surface area contributed by atoms with Crippen molar-refractivity contribution in [2.24, 2.45) is 0 Å². The molecular formula is C33H24N2O6. The molecule has 0 atom stereocenters. The van der Waals surface area contributed by atoms with Crippen LogP contribution in [-0.4, -0.2) is 30.6 Å². The number of methoxy groups -OCH3 is 1. The lowest BCUT2D eigenvalue weighted by Crippen LogP contribution is -2.23. The predicted molar refractivity (Wildman–Crippen MR) is 151 cm³/mol. The second-order valence-electron chi connectivity index (χ2n) is 8.74. The number of esters is 1. The van der Waals surface area contributed by atoms with Crippen LogP contribution in [-0.2, 0) is 11.3 Å². The lowest BCUT2D eigenvalue weighted by molar-refractivity contribution is -0.117. The Balaban J connectivity index is 1.43. The van der Waals surface area contributed by atoms with E-state index in [2.05, 4.69) is 5.32 Å². The van der Waals surface area contributed by atoms with Crippen molar-refractivity contribution in [3.8, 4) is 17.6 Å². The van der Waals surface area contributed by atoms with Gasteiger partial charge in [-0.2, -0.15) is 5.26 Å². The topological polar surface area (TPSA) is 123 Å². The number of carbonyl (C=O) groups excluding carboxylic acids is 4. The molecule has 0 aliphatic heterocycles. The summed E-state index contributed by atoms with van der Waals surface area (Å²) in [5.41, 5.74) is 1.85. The number of ether oxygens (including phenoxy) is 2. The maximum Gasteiger partial charge on any atom is 0.343 e. The Kier molecular flexibility index (Phi) is 9.16. The summed E-state index contributed by atoms with van der Waals surface area (Å²) in [6.07, 6.45) is 1.40. The number of hydrogen-bond donors (Lipinski definition) is 1. The molecule has 202 valence electrons. The van der Waals surface area contributed by atoms with Crippen LogP contribution in [0.2, 0.25) is 0 Å². The molecule has 0 aliphatic rings. The third-order valence-electron chi connectivity index (χ3n) is 5.99. The summed E-state index contributed by atoms with van der Waals surface area (Å²) in [5.74, 6) is -2.26. The van der Waals surface area contributed by atoms with Crippen molar-refractivity contribution >= 4 is 29.5 Å². The zero-order chi connectivity index (χ0) is 29.2. The largest absolute Gasteiger partial charge is 0.493 e. The minimum Gasteiger partial charge on any atom is -0.493 e. The molecule has 0 aliphatic carbocycles. The molecule has 4 aromatic carbocycles. The second-order valence-corrected chi connectivity index (χ2v) is 8.74. The highest BCUT2D eigenvalue weighted by molar-refractivity contribution is 6.49. The highest BCUT2D eigenvalue weighted by atomic mass is 16.6. The number of nitrogens with one attached hydrogen (secondary N) is 1. The average molecular weight is 545 g/mol. The molecule has 0 aromatic heterocycles. The molecule has 0 fully saturated rings. The highest BCUT2D eigenvalue weighted by Crippen LogP contribution is 2.30. The quantitative estimate of drug-likeness (QED) is 0.0727. The summed E-state index contributed by atoms with van der Waals surface area (Å²) in [6.45, 7) is 0.273. The standard InChI is InChI=1S/C33H24N2O6/c1-40-29-19-23(18-27(20-34)32(38)35-21-22-8-4-2-5-9-22)12-17-28(29)41-33(39)26-15-13-25(14-16-26)31(37)30(36)24-10-6-3-7-11-24/h2-19H,21H2,1H3,(H,35,38)/b27-18+. The molecule has 8 nitrogen and oxygen atoms in total. The van der Waals surface area contributed by atoms with E-state index in [1.54, 1.807) is 36.4 Å². The van der Waals surface area contributed by atoms with Crippen molar-refractivity contribution in [1.29, 1.82) is 5.26 Å². The van der Waals surface area contributed by atoms with Gasteiger partial charge in [0.1, 0.15) is 11.6 Å². The van der Waals surface area contributed by atoms with Crippen molar-refractivity contribution in [3.63, 3.8) is 0 Å². The van der Waals surface area contributed by atoms with Gasteiger partial charge in [0.15, 0.2) is 11.5 Å². The van der Waals surface area contributed by atoms with E-state index in [1.165, 1.54) is 49.6 Å². The number of benzene rings is 4. The fourth-order valence-corrected chi connectivity index (χ4v) is 3.82. The highest BCUT2D eigenvalue weighted by Gasteiger charge is 2.19. The van der Waals surface area contributed by atoms with Gasteiger partial charge in [0.05, 0.1) is 12.7 Å². The van der Waals surface area contributed by atoms with Crippen LogP contribution in [0.4, 0.5) is 0 Å². The molecule has 1 amide bonds. The van der Waals surface area contributed by atoms with E-state index >= 15 is 0 Å². The first-order valence-electron chi connectivity index (χ1n) is 12.5. The Morgan fingerprint density at radius 2 is 1.34 bits per heavy atom. The Labute approximate surface area is 236 Å². The van der Waals surface area contributed by atoms with E-state index in [4.69, 9.17) is 9.47 Å². The van der Waals surface area contributed by atoms with Crippen LogP contribution in [0.15, 0.2) is 109 Å². The number of carbonyl (C=O) groups is 4. The Hall–Kier alpha value is -5.81. The molecule has 1 N–H and O–H groups in total. The predicted octanol–water partition coefficient (Wildman–Crippen LogP) is 5.20. The molecule has 0 saturated carbocycles. The molecular weight excluding hydrogens is 520 g/mol. The van der Waals surface area contributed by atoms with Crippen LogP contribution in [0.5, 0.6) is 11.5 Å². The normalized spacial score (nSPS) is 10.7. The number of ketones is 2. The second kappa shape index (κ2) is 13.3. The Bertz CT molecular complexity index is 1650. The SMILES string of the molecule is COc1cc(/C=C(\C#N)C(=O)NCc2ccccc2)ccc1OC(=O)c1ccc(C(=O)C(=O)c2ccccc2)cc1. The van der Waals surface area contributed by atoms with Crippen LogP contribution in [0, 0.1) is 11.3 Å². The molecule has 0 saturated heterocycles. The minimum absolute atomic E-state index is 0.104. The molecule has 8 heteroatoms. The van der Waals surface area contributed by atoms with Crippen LogP contribution < -0.4 is 14.8 Å². The molecule has 0 radical (unpaired) electrons. The number of amides is 1. The average Bonchev–Trinajstić information content (AvgIpc) is 3.03. The third-order valence-corrected chi connectivity index (χ3v) is 5.99. The van der Waals surface area contributed by atoms with Gasteiger partial charge in [-0.25, -0.2) is 4.79 Å². The van der Waals surface area contributed by atoms with Crippen LogP contribution in [0.25, 0.3) is 6.08 Å². The van der Waals surface area contributed by atoms with Gasteiger partial charge in [-0.1, -0.05) is 78.9 Å². The van der Waals surface area contributed by atoms with Gasteiger partial charge in [0, 0.05) is 17.7 Å². The van der Waals surface area contributed by atoms with E-state index in [-0.39, 0.29) is 40.3 Å². The zero-order valence-electron chi connectivity index (χ0n) is 22.0. The van der Waals surface area contributed by atoms with Crippen LogP contribution in [0.3, 0.4) is 0 Å². The number of Topliss-reactive ketones (excluding diaryl/α,β-unsaturated/α-hetero) is 2. The summed E-state index contributed by atoms with van der Waals surface area (Å²) in [7, 11) is 1.39. The molecule has 4 aromatic rings. The number of nitrogens with zero attached hydrogens (tertiary/aromatic N) is 1. The van der Waals surface area contributed by atoms with E-state index in [0.29, 0.717) is 5.56 Å². The lowest BCUT2D eigenvalue weighted by Gasteiger charge is -2.11. The van der Waals surface area contributed by atoms with Gasteiger partial charge in [0.25, 0.3) is 5.91 Å². The number of nitriles is 1. The maximum absolute atomic E-state index is 12.8. The molecule has 0 unspecified atom stereocenters. The zero-order valence-corrected chi connectivity index (χ0v) is 22.0. The fraction of sp³-hybridized carbons (Fsp3) is 0.0606. The van der Waals surface area contributed by atoms with E-state index in [1.807, 2.05) is 36.4 Å². The van der Waals surface area contributed by atoms with Gasteiger partial charge in [-0.15, -0.1) is 0 Å². The number of rotatable bonds is 10. The molecule has 0 heterocycles. The van der Waals surface area contributed by atoms with Gasteiger partial charge in [-0.3, -0.25) is 14.4 Å². The van der Waals surface area contributed by atoms with Gasteiger partial charge >= 0.3 is 5.97 Å². The summed E-state index contributed by atoms with van der Waals surface area (Å²) >= 11 is 0. The first kappa shape index (κ1) is 28.2. The summed E-state index contributed by atoms with van der Waals surface area (Å²) < 4.78 is 10.8. The lowest BCUT2D eigenvalue weighted by atomic mass is 10.0.